The third-order valence-electron chi connectivity index (χ3n) is 4.79. The van der Waals surface area contributed by atoms with Gasteiger partial charge < -0.3 is 20.3 Å². The van der Waals surface area contributed by atoms with Crippen LogP contribution in [0.5, 0.6) is 0 Å². The number of nitrogens with zero attached hydrogens (tertiary/aromatic N) is 2. The zero-order chi connectivity index (χ0) is 16.7. The van der Waals surface area contributed by atoms with E-state index in [1.807, 2.05) is 18.4 Å². The normalized spacial score (nSPS) is 18.8. The maximum Gasteiger partial charge on any atom is 0.191 e. The number of nitrogens with one attached hydrogen (secondary N) is 2. The summed E-state index contributed by atoms with van der Waals surface area (Å²) >= 11 is 1.81. The third kappa shape index (κ3) is 5.86. The van der Waals surface area contributed by atoms with Crippen LogP contribution in [0.3, 0.4) is 0 Å². The highest BCUT2D eigenvalue weighted by atomic mass is 127. The summed E-state index contributed by atoms with van der Waals surface area (Å²) in [6.45, 7) is 5.68. The number of hydrogen-bond acceptors (Lipinski definition) is 4. The topological polar surface area (TPSA) is 48.9 Å². The van der Waals surface area contributed by atoms with Crippen LogP contribution < -0.4 is 10.6 Å². The Labute approximate surface area is 167 Å². The number of guanidine groups is 1. The Kier molecular flexibility index (Phi) is 9.54. The van der Waals surface area contributed by atoms with E-state index in [0.29, 0.717) is 5.92 Å². The van der Waals surface area contributed by atoms with Gasteiger partial charge in [0.25, 0.3) is 0 Å². The molecule has 1 atom stereocenters. The van der Waals surface area contributed by atoms with E-state index in [0.717, 1.165) is 45.1 Å². The molecule has 1 unspecified atom stereocenters. The largest absolute Gasteiger partial charge is 0.381 e. The highest BCUT2D eigenvalue weighted by molar-refractivity contribution is 14.0. The average Bonchev–Trinajstić information content (AvgIpc) is 3.10. The van der Waals surface area contributed by atoms with Gasteiger partial charge in [0.1, 0.15) is 0 Å². The van der Waals surface area contributed by atoms with Crippen LogP contribution in [0, 0.1) is 0 Å². The number of ether oxygens (including phenoxy) is 1. The van der Waals surface area contributed by atoms with E-state index in [-0.39, 0.29) is 29.5 Å². The van der Waals surface area contributed by atoms with Crippen LogP contribution in [-0.4, -0.2) is 63.8 Å². The molecule has 0 saturated carbocycles. The van der Waals surface area contributed by atoms with Crippen molar-refractivity contribution in [3.8, 4) is 0 Å². The van der Waals surface area contributed by atoms with Crippen molar-refractivity contribution in [1.29, 1.82) is 0 Å². The van der Waals surface area contributed by atoms with E-state index >= 15 is 0 Å². The minimum atomic E-state index is 0. The van der Waals surface area contributed by atoms with Crippen LogP contribution in [0.4, 0.5) is 0 Å². The van der Waals surface area contributed by atoms with Crippen molar-refractivity contribution >= 4 is 41.3 Å². The van der Waals surface area contributed by atoms with Gasteiger partial charge in [0.2, 0.25) is 0 Å². The molecule has 2 heterocycles. The highest BCUT2D eigenvalue weighted by Gasteiger charge is 2.34. The molecule has 7 heteroatoms. The Morgan fingerprint density at radius 3 is 2.62 bits per heavy atom. The van der Waals surface area contributed by atoms with Gasteiger partial charge in [-0.15, -0.1) is 35.3 Å². The fraction of sp³-hybridized carbons (Fsp3) is 0.706. The highest BCUT2D eigenvalue weighted by Crippen LogP contribution is 2.25. The molecule has 1 aromatic rings. The Bertz CT molecular complexity index is 487. The number of aliphatic imine (C=N–C) groups is 1. The second kappa shape index (κ2) is 10.6. The van der Waals surface area contributed by atoms with Gasteiger partial charge in [-0.05, 0) is 38.4 Å². The minimum absolute atomic E-state index is 0. The zero-order valence-corrected chi connectivity index (χ0v) is 18.3. The Hall–Kier alpha value is -0.380. The molecule has 2 rings (SSSR count). The molecule has 0 radical (unpaired) electrons. The lowest BCUT2D eigenvalue weighted by Gasteiger charge is -2.43. The van der Waals surface area contributed by atoms with E-state index in [1.165, 1.54) is 4.88 Å². The molecule has 5 nitrogen and oxygen atoms in total. The molecule has 1 aromatic heterocycles. The van der Waals surface area contributed by atoms with Crippen LogP contribution in [0.25, 0.3) is 0 Å². The number of thiophene rings is 1. The summed E-state index contributed by atoms with van der Waals surface area (Å²) in [7, 11) is 6.14. The van der Waals surface area contributed by atoms with Crippen molar-refractivity contribution in [1.82, 2.24) is 15.5 Å². The molecule has 0 amide bonds. The maximum absolute atomic E-state index is 5.53. The summed E-state index contributed by atoms with van der Waals surface area (Å²) in [6, 6.07) is 4.30. The number of halogens is 1. The van der Waals surface area contributed by atoms with Crippen LogP contribution in [0.1, 0.15) is 30.6 Å². The molecule has 0 bridgehead atoms. The van der Waals surface area contributed by atoms with E-state index in [2.05, 4.69) is 59.1 Å². The third-order valence-corrected chi connectivity index (χ3v) is 5.89. The predicted octanol–water partition coefficient (Wildman–Crippen LogP) is 2.75. The number of hydrogen-bond donors (Lipinski definition) is 2. The van der Waals surface area contributed by atoms with Crippen molar-refractivity contribution in [2.75, 3.05) is 47.4 Å². The second-order valence-corrected chi connectivity index (χ2v) is 7.43. The Morgan fingerprint density at radius 2 is 2.08 bits per heavy atom. The first-order valence-corrected chi connectivity index (χ1v) is 9.18. The van der Waals surface area contributed by atoms with Gasteiger partial charge in [-0.2, -0.15) is 0 Å². The molecule has 1 saturated heterocycles. The fourth-order valence-corrected chi connectivity index (χ4v) is 3.71. The standard InChI is InChI=1S/C17H30N4OS.HI/c1-14(15-6-5-11-23-15)12-19-16(18-2)20-13-17(21(3)4)7-9-22-10-8-17;/h5-6,11,14H,7-10,12-13H2,1-4H3,(H2,18,19,20);1H. The molecule has 2 N–H and O–H groups in total. The number of likely N-dealkylation sites (N-methyl/N-ethyl adjacent to an activating group) is 1. The first kappa shape index (κ1) is 21.7. The first-order chi connectivity index (χ1) is 11.1. The van der Waals surface area contributed by atoms with E-state index < -0.39 is 0 Å². The van der Waals surface area contributed by atoms with Gasteiger partial charge in [0.05, 0.1) is 0 Å². The smallest absolute Gasteiger partial charge is 0.191 e. The molecule has 24 heavy (non-hydrogen) atoms. The Balaban J connectivity index is 0.00000288. The zero-order valence-electron chi connectivity index (χ0n) is 15.2. The van der Waals surface area contributed by atoms with Gasteiger partial charge >= 0.3 is 0 Å². The van der Waals surface area contributed by atoms with Crippen molar-refractivity contribution in [2.24, 2.45) is 4.99 Å². The lowest BCUT2D eigenvalue weighted by atomic mass is 9.88. The van der Waals surface area contributed by atoms with Crippen molar-refractivity contribution < 1.29 is 4.74 Å². The summed E-state index contributed by atoms with van der Waals surface area (Å²) < 4.78 is 5.53. The van der Waals surface area contributed by atoms with Gasteiger partial charge in [-0.25, -0.2) is 0 Å². The lowest BCUT2D eigenvalue weighted by Crippen LogP contribution is -2.57. The molecule has 0 aromatic carbocycles. The molecular formula is C17H31IN4OS. The van der Waals surface area contributed by atoms with E-state index in [1.54, 1.807) is 0 Å². The van der Waals surface area contributed by atoms with Crippen molar-refractivity contribution in [3.05, 3.63) is 22.4 Å². The SMILES string of the molecule is CN=C(NCC(C)c1cccs1)NCC1(N(C)C)CCOCC1.I. The fourth-order valence-electron chi connectivity index (χ4n) is 2.92. The molecule has 138 valence electrons. The van der Waals surface area contributed by atoms with Crippen LogP contribution in [0.15, 0.2) is 22.5 Å². The molecule has 1 aliphatic rings. The number of rotatable bonds is 6. The summed E-state index contributed by atoms with van der Waals surface area (Å²) in [5.41, 5.74) is 0.148. The van der Waals surface area contributed by atoms with Crippen LogP contribution >= 0.6 is 35.3 Å². The predicted molar refractivity (Wildman–Crippen MR) is 114 cm³/mol. The van der Waals surface area contributed by atoms with Crippen molar-refractivity contribution in [3.63, 3.8) is 0 Å². The van der Waals surface area contributed by atoms with Gasteiger partial charge in [-0.1, -0.05) is 13.0 Å². The van der Waals surface area contributed by atoms with E-state index in [9.17, 15) is 0 Å². The molecule has 0 spiro atoms. The average molecular weight is 466 g/mol. The van der Waals surface area contributed by atoms with E-state index in [4.69, 9.17) is 4.74 Å². The monoisotopic (exact) mass is 466 g/mol. The Morgan fingerprint density at radius 1 is 1.38 bits per heavy atom. The van der Waals surface area contributed by atoms with Gasteiger partial charge in [0, 0.05) is 49.7 Å². The summed E-state index contributed by atoms with van der Waals surface area (Å²) in [5.74, 6) is 1.36. The molecule has 1 fully saturated rings. The van der Waals surface area contributed by atoms with Crippen LogP contribution in [-0.2, 0) is 4.74 Å². The first-order valence-electron chi connectivity index (χ1n) is 8.30. The summed E-state index contributed by atoms with van der Waals surface area (Å²) in [4.78, 5) is 8.09. The molecule has 1 aliphatic heterocycles. The summed E-state index contributed by atoms with van der Waals surface area (Å²) in [5, 5.41) is 9.09. The molecular weight excluding hydrogens is 435 g/mol. The van der Waals surface area contributed by atoms with Crippen molar-refractivity contribution in [2.45, 2.75) is 31.2 Å². The van der Waals surface area contributed by atoms with Crippen LogP contribution in [0.2, 0.25) is 0 Å². The maximum atomic E-state index is 5.53. The summed E-state index contributed by atoms with van der Waals surface area (Å²) in [6.07, 6.45) is 2.10. The molecule has 0 aliphatic carbocycles. The quantitative estimate of drug-likeness (QED) is 0.385. The van der Waals surface area contributed by atoms with Gasteiger partial charge in [-0.3, -0.25) is 4.99 Å². The second-order valence-electron chi connectivity index (χ2n) is 6.45. The lowest BCUT2D eigenvalue weighted by molar-refractivity contribution is -0.00501. The van der Waals surface area contributed by atoms with Gasteiger partial charge in [0.15, 0.2) is 5.96 Å². The minimum Gasteiger partial charge on any atom is -0.381 e.